The van der Waals surface area contributed by atoms with Crippen LogP contribution in [0.4, 0.5) is 10.1 Å². The number of carbonyl (C=O) groups is 1. The molecule has 0 unspecified atom stereocenters. The topological polar surface area (TPSA) is 68.5 Å². The highest BCUT2D eigenvalue weighted by atomic mass is 35.5. The van der Waals surface area contributed by atoms with E-state index >= 15 is 0 Å². The lowest BCUT2D eigenvalue weighted by atomic mass is 10.0. The van der Waals surface area contributed by atoms with Crippen molar-refractivity contribution in [2.24, 2.45) is 0 Å². The fraction of sp³-hybridized carbons (Fsp3) is 0.120. The van der Waals surface area contributed by atoms with Gasteiger partial charge in [0, 0.05) is 11.3 Å². The molecule has 32 heavy (non-hydrogen) atoms. The highest BCUT2D eigenvalue weighted by molar-refractivity contribution is 6.33. The number of aryl methyl sites for hydroxylation is 2. The summed E-state index contributed by atoms with van der Waals surface area (Å²) in [5.74, 6) is -0.890. The average Bonchev–Trinajstić information content (AvgIpc) is 2.76. The van der Waals surface area contributed by atoms with Gasteiger partial charge in [0.1, 0.15) is 11.4 Å². The van der Waals surface area contributed by atoms with Crippen LogP contribution in [0.3, 0.4) is 0 Å². The normalized spacial score (nSPS) is 10.9. The van der Waals surface area contributed by atoms with E-state index in [4.69, 9.17) is 20.8 Å². The monoisotopic (exact) mass is 451 g/mol. The average molecular weight is 452 g/mol. The van der Waals surface area contributed by atoms with Crippen molar-refractivity contribution in [1.29, 1.82) is 0 Å². The first kappa shape index (κ1) is 21.6. The summed E-state index contributed by atoms with van der Waals surface area (Å²) in [5.41, 5.74) is 2.77. The zero-order valence-electron chi connectivity index (χ0n) is 17.4. The molecule has 0 fully saturated rings. The van der Waals surface area contributed by atoms with Crippen LogP contribution in [0, 0.1) is 19.7 Å². The molecule has 7 heteroatoms. The predicted octanol–water partition coefficient (Wildman–Crippen LogP) is 5.89. The lowest BCUT2D eigenvalue weighted by Crippen LogP contribution is -2.22. The SMILES string of the molecule is Cc1cc2oc(-c3ccccc3Cl)c(OCC(=O)Nc3ccc(F)cc3)c(=O)c2cc1C. The van der Waals surface area contributed by atoms with Crippen molar-refractivity contribution in [3.8, 4) is 17.1 Å². The molecule has 0 bridgehead atoms. The van der Waals surface area contributed by atoms with E-state index in [1.54, 1.807) is 36.4 Å². The number of halogens is 2. The van der Waals surface area contributed by atoms with E-state index in [0.717, 1.165) is 11.1 Å². The fourth-order valence-electron chi connectivity index (χ4n) is 3.26. The number of carbonyl (C=O) groups excluding carboxylic acids is 1. The number of anilines is 1. The Kier molecular flexibility index (Phi) is 5.97. The first-order valence-electron chi connectivity index (χ1n) is 9.84. The number of rotatable bonds is 5. The van der Waals surface area contributed by atoms with Gasteiger partial charge in [-0.3, -0.25) is 9.59 Å². The molecule has 0 radical (unpaired) electrons. The second-order valence-electron chi connectivity index (χ2n) is 7.35. The van der Waals surface area contributed by atoms with Gasteiger partial charge >= 0.3 is 0 Å². The zero-order chi connectivity index (χ0) is 22.8. The van der Waals surface area contributed by atoms with E-state index in [1.165, 1.54) is 24.3 Å². The molecule has 4 aromatic rings. The smallest absolute Gasteiger partial charge is 0.262 e. The summed E-state index contributed by atoms with van der Waals surface area (Å²) in [5, 5.41) is 3.31. The van der Waals surface area contributed by atoms with Crippen LogP contribution < -0.4 is 15.5 Å². The second kappa shape index (κ2) is 8.85. The van der Waals surface area contributed by atoms with Crippen LogP contribution >= 0.6 is 11.6 Å². The van der Waals surface area contributed by atoms with Crippen LogP contribution in [-0.2, 0) is 4.79 Å². The molecule has 0 aliphatic carbocycles. The van der Waals surface area contributed by atoms with Crippen molar-refractivity contribution >= 4 is 34.2 Å². The molecule has 1 N–H and O–H groups in total. The molecule has 3 aromatic carbocycles. The fourth-order valence-corrected chi connectivity index (χ4v) is 3.48. The van der Waals surface area contributed by atoms with E-state index in [0.29, 0.717) is 27.2 Å². The predicted molar refractivity (Wildman–Crippen MR) is 123 cm³/mol. The van der Waals surface area contributed by atoms with Gasteiger partial charge in [0.05, 0.1) is 10.4 Å². The number of benzene rings is 3. The van der Waals surface area contributed by atoms with Crippen LogP contribution in [0.1, 0.15) is 11.1 Å². The standard InChI is InChI=1S/C25H19ClFNO4/c1-14-11-19-21(12-15(14)2)32-24(18-5-3-4-6-20(18)26)25(23(19)30)31-13-22(29)28-17-9-7-16(27)8-10-17/h3-12H,13H2,1-2H3,(H,28,29). The minimum Gasteiger partial charge on any atom is -0.476 e. The van der Waals surface area contributed by atoms with Gasteiger partial charge in [-0.1, -0.05) is 23.7 Å². The second-order valence-corrected chi connectivity index (χ2v) is 7.75. The quantitative estimate of drug-likeness (QED) is 0.411. The summed E-state index contributed by atoms with van der Waals surface area (Å²) in [6.45, 7) is 3.37. The molecule has 0 spiro atoms. The van der Waals surface area contributed by atoms with Crippen LogP contribution in [0.2, 0.25) is 5.02 Å². The number of fused-ring (bicyclic) bond motifs is 1. The number of amides is 1. The number of hydrogen-bond donors (Lipinski definition) is 1. The van der Waals surface area contributed by atoms with Crippen molar-refractivity contribution in [1.82, 2.24) is 0 Å². The van der Waals surface area contributed by atoms with Crippen LogP contribution in [0.5, 0.6) is 5.75 Å². The first-order chi connectivity index (χ1) is 15.3. The largest absolute Gasteiger partial charge is 0.476 e. The van der Waals surface area contributed by atoms with Crippen molar-refractivity contribution in [3.63, 3.8) is 0 Å². The van der Waals surface area contributed by atoms with Gasteiger partial charge in [-0.05, 0) is 73.5 Å². The third-order valence-corrected chi connectivity index (χ3v) is 5.39. The molecule has 162 valence electrons. The Bertz CT molecular complexity index is 1380. The highest BCUT2D eigenvalue weighted by Gasteiger charge is 2.21. The molecule has 0 aliphatic rings. The Morgan fingerprint density at radius 3 is 2.47 bits per heavy atom. The molecule has 1 amide bonds. The van der Waals surface area contributed by atoms with E-state index in [9.17, 15) is 14.0 Å². The maximum atomic E-state index is 13.3. The molecular formula is C25H19ClFNO4. The third kappa shape index (κ3) is 4.36. The van der Waals surface area contributed by atoms with E-state index in [2.05, 4.69) is 5.32 Å². The molecular weight excluding hydrogens is 433 g/mol. The van der Waals surface area contributed by atoms with Gasteiger partial charge < -0.3 is 14.5 Å². The van der Waals surface area contributed by atoms with Crippen LogP contribution in [0.15, 0.2) is 69.9 Å². The van der Waals surface area contributed by atoms with Gasteiger partial charge in [-0.15, -0.1) is 0 Å². The molecule has 0 aliphatic heterocycles. The Balaban J connectivity index is 1.73. The summed E-state index contributed by atoms with van der Waals surface area (Å²) >= 11 is 6.35. The van der Waals surface area contributed by atoms with Crippen molar-refractivity contribution < 1.29 is 18.3 Å². The number of hydrogen-bond acceptors (Lipinski definition) is 4. The Labute approximate surface area is 188 Å². The van der Waals surface area contributed by atoms with Crippen molar-refractivity contribution in [2.75, 3.05) is 11.9 Å². The minimum absolute atomic E-state index is 0.108. The lowest BCUT2D eigenvalue weighted by molar-refractivity contribution is -0.118. The summed E-state index contributed by atoms with van der Waals surface area (Å²) in [7, 11) is 0. The zero-order valence-corrected chi connectivity index (χ0v) is 18.1. The molecule has 1 aromatic heterocycles. The number of ether oxygens (including phenoxy) is 1. The van der Waals surface area contributed by atoms with Gasteiger partial charge in [0.2, 0.25) is 11.2 Å². The Hall–Kier alpha value is -3.64. The maximum Gasteiger partial charge on any atom is 0.262 e. The molecule has 0 atom stereocenters. The molecule has 0 saturated heterocycles. The maximum absolute atomic E-state index is 13.3. The van der Waals surface area contributed by atoms with Crippen molar-refractivity contribution in [3.05, 3.63) is 92.9 Å². The van der Waals surface area contributed by atoms with Crippen LogP contribution in [0.25, 0.3) is 22.3 Å². The van der Waals surface area contributed by atoms with E-state index < -0.39 is 23.8 Å². The molecule has 0 saturated carbocycles. The Morgan fingerprint density at radius 2 is 1.75 bits per heavy atom. The van der Waals surface area contributed by atoms with E-state index in [1.807, 2.05) is 13.8 Å². The summed E-state index contributed by atoms with van der Waals surface area (Å²) in [6.07, 6.45) is 0. The Morgan fingerprint density at radius 1 is 1.06 bits per heavy atom. The molecule has 5 nitrogen and oxygen atoms in total. The highest BCUT2D eigenvalue weighted by Crippen LogP contribution is 2.35. The number of nitrogens with one attached hydrogen (secondary N) is 1. The van der Waals surface area contributed by atoms with Crippen molar-refractivity contribution in [2.45, 2.75) is 13.8 Å². The summed E-state index contributed by atoms with van der Waals surface area (Å²) < 4.78 is 24.8. The summed E-state index contributed by atoms with van der Waals surface area (Å²) in [6, 6.07) is 15.7. The van der Waals surface area contributed by atoms with Gasteiger partial charge in [0.15, 0.2) is 12.4 Å². The first-order valence-corrected chi connectivity index (χ1v) is 10.2. The summed E-state index contributed by atoms with van der Waals surface area (Å²) in [4.78, 5) is 25.7. The molecule has 1 heterocycles. The third-order valence-electron chi connectivity index (χ3n) is 5.06. The molecule has 4 rings (SSSR count). The minimum atomic E-state index is -0.513. The lowest BCUT2D eigenvalue weighted by Gasteiger charge is -2.13. The van der Waals surface area contributed by atoms with Gasteiger partial charge in [-0.2, -0.15) is 0 Å². The van der Waals surface area contributed by atoms with Gasteiger partial charge in [0.25, 0.3) is 5.91 Å². The van der Waals surface area contributed by atoms with E-state index in [-0.39, 0.29) is 11.5 Å². The van der Waals surface area contributed by atoms with Gasteiger partial charge in [-0.25, -0.2) is 4.39 Å². The van der Waals surface area contributed by atoms with Crippen LogP contribution in [-0.4, -0.2) is 12.5 Å².